The summed E-state index contributed by atoms with van der Waals surface area (Å²) >= 11 is 3.17. The lowest BCUT2D eigenvalue weighted by atomic mass is 10.1. The van der Waals surface area contributed by atoms with Gasteiger partial charge in [0, 0.05) is 31.5 Å². The number of alkyl halides is 3. The molecule has 0 aromatic carbocycles. The molecule has 0 aliphatic carbocycles. The fraction of sp³-hybridized carbons (Fsp3) is 0.375. The number of nitrogens with zero attached hydrogens (tertiary/aromatic N) is 4. The Hall–Kier alpha value is -2.23. The second kappa shape index (κ2) is 7.56. The van der Waals surface area contributed by atoms with Crippen molar-refractivity contribution >= 4 is 27.7 Å². The van der Waals surface area contributed by atoms with Gasteiger partial charge < -0.3 is 10.2 Å². The van der Waals surface area contributed by atoms with Gasteiger partial charge in [0.25, 0.3) is 5.91 Å². The van der Waals surface area contributed by atoms with Gasteiger partial charge in [0.15, 0.2) is 0 Å². The number of hydrogen-bond acceptors (Lipinski definition) is 5. The molecule has 0 bridgehead atoms. The Balaban J connectivity index is 1.70. The summed E-state index contributed by atoms with van der Waals surface area (Å²) in [6, 6.07) is 2.39. The average Bonchev–Trinajstić information content (AvgIpc) is 2.62. The lowest BCUT2D eigenvalue weighted by molar-refractivity contribution is -0.137. The Morgan fingerprint density at radius 1 is 1.35 bits per heavy atom. The first kappa shape index (κ1) is 18.6. The highest BCUT2D eigenvalue weighted by Crippen LogP contribution is 2.34. The highest BCUT2D eigenvalue weighted by molar-refractivity contribution is 9.10. The molecule has 3 heterocycles. The second-order valence-electron chi connectivity index (χ2n) is 5.88. The molecule has 26 heavy (non-hydrogen) atoms. The van der Waals surface area contributed by atoms with Crippen LogP contribution < -0.4 is 10.2 Å². The van der Waals surface area contributed by atoms with Crippen LogP contribution in [0.1, 0.15) is 28.9 Å². The van der Waals surface area contributed by atoms with Gasteiger partial charge in [-0.05, 0) is 40.9 Å². The van der Waals surface area contributed by atoms with Crippen LogP contribution in [0.3, 0.4) is 0 Å². The molecule has 10 heteroatoms. The average molecular weight is 430 g/mol. The summed E-state index contributed by atoms with van der Waals surface area (Å²) < 4.78 is 38.6. The van der Waals surface area contributed by atoms with E-state index in [2.05, 4.69) is 36.2 Å². The lowest BCUT2D eigenvalue weighted by Gasteiger charge is -2.34. The molecule has 2 aromatic rings. The normalized spacial score (nSPS) is 17.8. The molecule has 1 fully saturated rings. The van der Waals surface area contributed by atoms with E-state index in [4.69, 9.17) is 0 Å². The van der Waals surface area contributed by atoms with E-state index in [9.17, 15) is 18.0 Å². The minimum absolute atomic E-state index is 0.151. The number of halogens is 4. The third-order valence-corrected chi connectivity index (χ3v) is 4.60. The van der Waals surface area contributed by atoms with Gasteiger partial charge in [-0.1, -0.05) is 0 Å². The zero-order valence-electron chi connectivity index (χ0n) is 13.5. The summed E-state index contributed by atoms with van der Waals surface area (Å²) in [5.74, 6) is 0.123. The Morgan fingerprint density at radius 2 is 2.15 bits per heavy atom. The van der Waals surface area contributed by atoms with Crippen LogP contribution in [0.15, 0.2) is 35.3 Å². The highest BCUT2D eigenvalue weighted by atomic mass is 79.9. The number of rotatable bonds is 3. The molecule has 1 amide bonds. The topological polar surface area (TPSA) is 71.0 Å². The van der Waals surface area contributed by atoms with Crippen molar-refractivity contribution in [3.63, 3.8) is 0 Å². The van der Waals surface area contributed by atoms with Crippen molar-refractivity contribution in [1.82, 2.24) is 20.3 Å². The Morgan fingerprint density at radius 3 is 2.81 bits per heavy atom. The van der Waals surface area contributed by atoms with E-state index in [0.717, 1.165) is 25.1 Å². The van der Waals surface area contributed by atoms with Gasteiger partial charge in [0.1, 0.15) is 17.8 Å². The van der Waals surface area contributed by atoms with E-state index < -0.39 is 11.7 Å². The van der Waals surface area contributed by atoms with Crippen molar-refractivity contribution in [1.29, 1.82) is 0 Å². The largest absolute Gasteiger partial charge is 0.417 e. The SMILES string of the molecule is O=C(NC1CCCN(c2ncc(C(F)(F)F)cc2Br)C1)c1ccncn1. The van der Waals surface area contributed by atoms with Gasteiger partial charge in [0.2, 0.25) is 0 Å². The predicted molar refractivity (Wildman–Crippen MR) is 91.7 cm³/mol. The Bertz CT molecular complexity index is 787. The molecule has 0 radical (unpaired) electrons. The summed E-state index contributed by atoms with van der Waals surface area (Å²) in [7, 11) is 0. The summed E-state index contributed by atoms with van der Waals surface area (Å²) in [5, 5.41) is 2.90. The van der Waals surface area contributed by atoms with E-state index in [1.54, 1.807) is 0 Å². The monoisotopic (exact) mass is 429 g/mol. The molecule has 1 unspecified atom stereocenters. The molecule has 3 rings (SSSR count). The number of aromatic nitrogens is 3. The highest BCUT2D eigenvalue weighted by Gasteiger charge is 2.32. The van der Waals surface area contributed by atoms with E-state index in [1.807, 2.05) is 4.90 Å². The smallest absolute Gasteiger partial charge is 0.354 e. The molecule has 1 saturated heterocycles. The number of carbonyl (C=O) groups excluding carboxylic acids is 1. The van der Waals surface area contributed by atoms with Gasteiger partial charge in [0.05, 0.1) is 10.0 Å². The first-order chi connectivity index (χ1) is 12.3. The van der Waals surface area contributed by atoms with Crippen molar-refractivity contribution in [3.05, 3.63) is 46.6 Å². The third-order valence-electron chi connectivity index (χ3n) is 4.02. The third kappa shape index (κ3) is 4.29. The van der Waals surface area contributed by atoms with Crippen molar-refractivity contribution in [2.45, 2.75) is 25.1 Å². The fourth-order valence-electron chi connectivity index (χ4n) is 2.79. The van der Waals surface area contributed by atoms with E-state index in [1.165, 1.54) is 18.6 Å². The van der Waals surface area contributed by atoms with Crippen LogP contribution in [-0.4, -0.2) is 40.0 Å². The zero-order chi connectivity index (χ0) is 18.7. The number of amides is 1. The first-order valence-electron chi connectivity index (χ1n) is 7.89. The number of nitrogens with one attached hydrogen (secondary N) is 1. The molecule has 0 saturated carbocycles. The van der Waals surface area contributed by atoms with Gasteiger partial charge in [-0.3, -0.25) is 4.79 Å². The maximum atomic E-state index is 12.8. The maximum absolute atomic E-state index is 12.8. The number of hydrogen-bond donors (Lipinski definition) is 1. The molecule has 6 nitrogen and oxygen atoms in total. The summed E-state index contributed by atoms with van der Waals surface area (Å²) in [4.78, 5) is 25.7. The molecule has 1 atom stereocenters. The minimum atomic E-state index is -4.44. The Labute approximate surface area is 156 Å². The molecular weight excluding hydrogens is 415 g/mol. The van der Waals surface area contributed by atoms with Crippen molar-refractivity contribution < 1.29 is 18.0 Å². The van der Waals surface area contributed by atoms with Gasteiger partial charge in [-0.25, -0.2) is 15.0 Å². The van der Waals surface area contributed by atoms with Gasteiger partial charge in [-0.2, -0.15) is 13.2 Å². The van der Waals surface area contributed by atoms with Crippen LogP contribution in [0.2, 0.25) is 0 Å². The summed E-state index contributed by atoms with van der Waals surface area (Å²) in [5.41, 5.74) is -0.537. The molecule has 1 aliphatic rings. The lowest BCUT2D eigenvalue weighted by Crippen LogP contribution is -2.48. The first-order valence-corrected chi connectivity index (χ1v) is 8.68. The maximum Gasteiger partial charge on any atom is 0.417 e. The van der Waals surface area contributed by atoms with Crippen LogP contribution in [0.25, 0.3) is 0 Å². The number of carbonyl (C=O) groups is 1. The number of anilines is 1. The Kier molecular flexibility index (Phi) is 5.40. The van der Waals surface area contributed by atoms with Crippen LogP contribution in [-0.2, 0) is 6.18 Å². The fourth-order valence-corrected chi connectivity index (χ4v) is 3.39. The van der Waals surface area contributed by atoms with Gasteiger partial charge >= 0.3 is 6.18 Å². The van der Waals surface area contributed by atoms with Crippen molar-refractivity contribution in [2.75, 3.05) is 18.0 Å². The van der Waals surface area contributed by atoms with Crippen molar-refractivity contribution in [3.8, 4) is 0 Å². The van der Waals surface area contributed by atoms with Crippen LogP contribution >= 0.6 is 15.9 Å². The molecular formula is C16H15BrF3N5O. The van der Waals surface area contributed by atoms with Crippen LogP contribution in [0, 0.1) is 0 Å². The number of piperidine rings is 1. The second-order valence-corrected chi connectivity index (χ2v) is 6.73. The number of pyridine rings is 1. The van der Waals surface area contributed by atoms with E-state index in [0.29, 0.717) is 18.9 Å². The zero-order valence-corrected chi connectivity index (χ0v) is 15.1. The van der Waals surface area contributed by atoms with E-state index >= 15 is 0 Å². The molecule has 2 aromatic heterocycles. The van der Waals surface area contributed by atoms with E-state index in [-0.39, 0.29) is 22.1 Å². The predicted octanol–water partition coefficient (Wildman–Crippen LogP) is 3.05. The standard InChI is InChI=1S/C16H15BrF3N5O/c17-12-6-10(16(18,19)20)7-22-14(12)25-5-1-2-11(8-25)24-15(26)13-3-4-21-9-23-13/h3-4,6-7,9,11H,1-2,5,8H2,(H,24,26). The summed E-state index contributed by atoms with van der Waals surface area (Å²) in [6.45, 7) is 1.10. The minimum Gasteiger partial charge on any atom is -0.354 e. The quantitative estimate of drug-likeness (QED) is 0.811. The molecule has 138 valence electrons. The van der Waals surface area contributed by atoms with Crippen LogP contribution in [0.4, 0.5) is 19.0 Å². The van der Waals surface area contributed by atoms with Crippen molar-refractivity contribution in [2.24, 2.45) is 0 Å². The molecule has 1 N–H and O–H groups in total. The van der Waals surface area contributed by atoms with Crippen LogP contribution in [0.5, 0.6) is 0 Å². The molecule has 0 spiro atoms. The van der Waals surface area contributed by atoms with Gasteiger partial charge in [-0.15, -0.1) is 0 Å². The summed E-state index contributed by atoms with van der Waals surface area (Å²) in [6.07, 6.45) is 0.715. The molecule has 1 aliphatic heterocycles.